The third-order valence-electron chi connectivity index (χ3n) is 6.33. The van der Waals surface area contributed by atoms with E-state index in [2.05, 4.69) is 31.2 Å². The Morgan fingerprint density at radius 1 is 0.974 bits per heavy atom. The lowest BCUT2D eigenvalue weighted by Crippen LogP contribution is -2.30. The number of hydrogen-bond donors (Lipinski definition) is 4. The van der Waals surface area contributed by atoms with Crippen LogP contribution in [-0.2, 0) is 0 Å². The molecule has 1 amide bonds. The van der Waals surface area contributed by atoms with E-state index in [4.69, 9.17) is 16.3 Å². The van der Waals surface area contributed by atoms with Crippen molar-refractivity contribution in [2.75, 3.05) is 35.6 Å². The summed E-state index contributed by atoms with van der Waals surface area (Å²) in [6, 6.07) is 21.1. The summed E-state index contributed by atoms with van der Waals surface area (Å²) >= 11 is 6.11. The van der Waals surface area contributed by atoms with Crippen LogP contribution in [0, 0.1) is 11.7 Å². The van der Waals surface area contributed by atoms with Crippen molar-refractivity contribution in [1.29, 1.82) is 0 Å². The van der Waals surface area contributed by atoms with Gasteiger partial charge in [-0.05, 0) is 92.5 Å². The average molecular weight is 547 g/mol. The first-order valence-corrected chi connectivity index (χ1v) is 13.1. The van der Waals surface area contributed by atoms with Gasteiger partial charge in [0.1, 0.15) is 5.75 Å². The van der Waals surface area contributed by atoms with E-state index in [1.54, 1.807) is 48.5 Å². The van der Waals surface area contributed by atoms with Crippen molar-refractivity contribution in [3.8, 4) is 5.75 Å². The fourth-order valence-electron chi connectivity index (χ4n) is 4.14. The van der Waals surface area contributed by atoms with E-state index in [-0.39, 0.29) is 17.7 Å². The molecule has 1 saturated heterocycles. The number of benzene rings is 3. The number of ether oxygens (including phenoxy) is 1. The van der Waals surface area contributed by atoms with Gasteiger partial charge < -0.3 is 26.0 Å². The van der Waals surface area contributed by atoms with Gasteiger partial charge in [-0.15, -0.1) is 0 Å². The Balaban J connectivity index is 1.18. The van der Waals surface area contributed by atoms with Crippen molar-refractivity contribution >= 4 is 46.3 Å². The zero-order valence-corrected chi connectivity index (χ0v) is 21.8. The summed E-state index contributed by atoms with van der Waals surface area (Å²) in [5, 5.41) is 12.6. The van der Waals surface area contributed by atoms with Gasteiger partial charge in [-0.25, -0.2) is 9.37 Å². The second-order valence-corrected chi connectivity index (χ2v) is 9.59. The number of carbonyl (C=O) groups is 1. The molecule has 0 bridgehead atoms. The Kier molecular flexibility index (Phi) is 8.50. The highest BCUT2D eigenvalue weighted by atomic mass is 35.5. The Bertz CT molecular complexity index is 1410. The van der Waals surface area contributed by atoms with Crippen LogP contribution in [0.15, 0.2) is 79.0 Å². The molecule has 8 nitrogen and oxygen atoms in total. The molecule has 0 aliphatic carbocycles. The van der Waals surface area contributed by atoms with E-state index in [1.165, 1.54) is 0 Å². The normalized spacial score (nSPS) is 13.5. The number of rotatable bonds is 9. The molecular formula is C29H28ClFN6O2. The number of nitrogens with zero attached hydrogens (tertiary/aromatic N) is 2. The highest BCUT2D eigenvalue weighted by molar-refractivity contribution is 6.33. The van der Waals surface area contributed by atoms with Crippen molar-refractivity contribution in [2.24, 2.45) is 5.92 Å². The van der Waals surface area contributed by atoms with Crippen LogP contribution >= 0.6 is 11.6 Å². The van der Waals surface area contributed by atoms with Crippen LogP contribution in [0.2, 0.25) is 5.02 Å². The third kappa shape index (κ3) is 7.22. The minimum Gasteiger partial charge on any atom is -0.493 e. The summed E-state index contributed by atoms with van der Waals surface area (Å²) in [4.78, 5) is 20.9. The second kappa shape index (κ2) is 12.6. The van der Waals surface area contributed by atoms with E-state index >= 15 is 0 Å². The molecule has 1 aliphatic heterocycles. The summed E-state index contributed by atoms with van der Waals surface area (Å²) in [7, 11) is 0. The average Bonchev–Trinajstić information content (AvgIpc) is 2.96. The van der Waals surface area contributed by atoms with Crippen LogP contribution < -0.4 is 26.0 Å². The molecule has 1 aromatic heterocycles. The van der Waals surface area contributed by atoms with E-state index in [0.717, 1.165) is 43.6 Å². The molecule has 200 valence electrons. The lowest BCUT2D eigenvalue weighted by atomic mass is 9.99. The number of amides is 1. The summed E-state index contributed by atoms with van der Waals surface area (Å²) in [6.45, 7) is 2.79. The molecule has 0 unspecified atom stereocenters. The smallest absolute Gasteiger partial charge is 0.255 e. The number of aromatic nitrogens is 2. The molecule has 3 aromatic carbocycles. The van der Waals surface area contributed by atoms with Crippen molar-refractivity contribution < 1.29 is 13.9 Å². The summed E-state index contributed by atoms with van der Waals surface area (Å²) < 4.78 is 20.4. The van der Waals surface area contributed by atoms with E-state index in [9.17, 15) is 9.18 Å². The quantitative estimate of drug-likeness (QED) is 0.193. The molecule has 39 heavy (non-hydrogen) atoms. The molecule has 2 heterocycles. The summed E-state index contributed by atoms with van der Waals surface area (Å²) in [6.07, 6.45) is 3.35. The third-order valence-corrected chi connectivity index (χ3v) is 6.66. The van der Waals surface area contributed by atoms with Crippen LogP contribution in [0.25, 0.3) is 0 Å². The fourth-order valence-corrected chi connectivity index (χ4v) is 4.32. The van der Waals surface area contributed by atoms with Crippen molar-refractivity contribution in [2.45, 2.75) is 12.8 Å². The largest absolute Gasteiger partial charge is 0.493 e. The van der Waals surface area contributed by atoms with Gasteiger partial charge >= 0.3 is 0 Å². The topological polar surface area (TPSA) is 100 Å². The highest BCUT2D eigenvalue weighted by Crippen LogP contribution is 2.24. The molecule has 1 fully saturated rings. The van der Waals surface area contributed by atoms with Gasteiger partial charge in [0.15, 0.2) is 11.6 Å². The second-order valence-electron chi connectivity index (χ2n) is 9.18. The maximum absolute atomic E-state index is 14.5. The highest BCUT2D eigenvalue weighted by Gasteiger charge is 2.14. The molecule has 1 aliphatic rings. The minimum absolute atomic E-state index is 0.00249. The number of para-hydroxylation sites is 1. The van der Waals surface area contributed by atoms with Gasteiger partial charge in [0, 0.05) is 16.9 Å². The summed E-state index contributed by atoms with van der Waals surface area (Å²) in [5.74, 6) is 0.690. The Labute approximate surface area is 231 Å². The maximum atomic E-state index is 14.5. The number of piperidine rings is 1. The molecule has 10 heteroatoms. The first kappa shape index (κ1) is 26.4. The van der Waals surface area contributed by atoms with Crippen molar-refractivity contribution in [3.63, 3.8) is 0 Å². The zero-order valence-electron chi connectivity index (χ0n) is 21.1. The van der Waals surface area contributed by atoms with Gasteiger partial charge in [-0.2, -0.15) is 4.98 Å². The Morgan fingerprint density at radius 3 is 2.41 bits per heavy atom. The van der Waals surface area contributed by atoms with Crippen molar-refractivity contribution in [3.05, 3.63) is 95.4 Å². The monoisotopic (exact) mass is 546 g/mol. The van der Waals surface area contributed by atoms with Crippen LogP contribution in [0.3, 0.4) is 0 Å². The standard InChI is InChI=1S/C29H28ClFN6O2/c30-24-3-1-2-4-26(24)36-28(38)20-5-7-21(8-6-20)34-27-25(31)17-33-29(37-27)35-22-9-11-23(12-10-22)39-18-19-13-15-32-16-14-19/h1-12,17,19,32H,13-16,18H2,(H,36,38)(H2,33,34,35,37). The van der Waals surface area contributed by atoms with Crippen LogP contribution in [0.1, 0.15) is 23.2 Å². The first-order valence-electron chi connectivity index (χ1n) is 12.7. The lowest BCUT2D eigenvalue weighted by molar-refractivity contribution is 0.102. The van der Waals surface area contributed by atoms with E-state index in [1.807, 2.05) is 24.3 Å². The van der Waals surface area contributed by atoms with Gasteiger partial charge in [0.25, 0.3) is 5.91 Å². The van der Waals surface area contributed by atoms with Crippen LogP contribution in [-0.4, -0.2) is 35.6 Å². The molecule has 0 saturated carbocycles. The van der Waals surface area contributed by atoms with Gasteiger partial charge in [-0.3, -0.25) is 4.79 Å². The Hall–Kier alpha value is -4.21. The van der Waals surface area contributed by atoms with Crippen LogP contribution in [0.4, 0.5) is 33.2 Å². The van der Waals surface area contributed by atoms with E-state index in [0.29, 0.717) is 34.5 Å². The molecule has 0 radical (unpaired) electrons. The number of anilines is 5. The Morgan fingerprint density at radius 2 is 1.67 bits per heavy atom. The number of nitrogens with one attached hydrogen (secondary N) is 4. The van der Waals surface area contributed by atoms with Gasteiger partial charge in [0.2, 0.25) is 5.95 Å². The first-order chi connectivity index (χ1) is 19.0. The van der Waals surface area contributed by atoms with Crippen LogP contribution in [0.5, 0.6) is 5.75 Å². The molecule has 0 atom stereocenters. The lowest BCUT2D eigenvalue weighted by Gasteiger charge is -2.22. The van der Waals surface area contributed by atoms with Crippen molar-refractivity contribution in [1.82, 2.24) is 15.3 Å². The predicted octanol–water partition coefficient (Wildman–Crippen LogP) is 6.39. The molecule has 0 spiro atoms. The SMILES string of the molecule is O=C(Nc1ccccc1Cl)c1ccc(Nc2nc(Nc3ccc(OCC4CCNCC4)cc3)ncc2F)cc1. The van der Waals surface area contributed by atoms with Gasteiger partial charge in [0.05, 0.1) is 23.5 Å². The number of halogens is 2. The number of carbonyl (C=O) groups excluding carboxylic acids is 1. The maximum Gasteiger partial charge on any atom is 0.255 e. The van der Waals surface area contributed by atoms with Gasteiger partial charge in [-0.1, -0.05) is 23.7 Å². The molecule has 4 aromatic rings. The minimum atomic E-state index is -0.609. The fraction of sp³-hybridized carbons (Fsp3) is 0.207. The van der Waals surface area contributed by atoms with E-state index < -0.39 is 5.82 Å². The predicted molar refractivity (Wildman–Crippen MR) is 152 cm³/mol. The molecular weight excluding hydrogens is 519 g/mol. The molecule has 4 N–H and O–H groups in total. The molecule has 5 rings (SSSR count). The zero-order chi connectivity index (χ0) is 27.0. The summed E-state index contributed by atoms with van der Waals surface area (Å²) in [5.41, 5.74) is 2.25. The number of hydrogen-bond acceptors (Lipinski definition) is 7.